The molecule has 0 aliphatic rings. The van der Waals surface area contributed by atoms with Crippen molar-refractivity contribution in [1.29, 1.82) is 0 Å². The van der Waals surface area contributed by atoms with Crippen LogP contribution in [-0.2, 0) is 9.47 Å². The van der Waals surface area contributed by atoms with E-state index in [-0.39, 0.29) is 6.61 Å². The number of nitrogens with one attached hydrogen (secondary N) is 1. The molecule has 0 saturated heterocycles. The fraction of sp³-hybridized carbons (Fsp3) is 1.00. The smallest absolute Gasteiger partial charge is 0.0897 e. The van der Waals surface area contributed by atoms with Crippen LogP contribution in [0, 0.1) is 0 Å². The molecule has 6 heteroatoms. The maximum atomic E-state index is 9.66. The minimum absolute atomic E-state index is 0.263. The number of hydrogen-bond acceptors (Lipinski definition) is 6. The van der Waals surface area contributed by atoms with Gasteiger partial charge in [-0.05, 0) is 18.6 Å². The number of aliphatic hydroxyl groups excluding tert-OH is 2. The Kier molecular flexibility index (Phi) is 17.3. The van der Waals surface area contributed by atoms with Crippen LogP contribution in [0.15, 0.2) is 0 Å². The van der Waals surface area contributed by atoms with Crippen molar-refractivity contribution in [3.63, 3.8) is 0 Å². The van der Waals surface area contributed by atoms with Gasteiger partial charge in [-0.2, -0.15) is 11.8 Å². The SMILES string of the molecule is CCCCOCCOCC(O)CNCCSCCCO. The normalized spacial score (nSPS) is 12.8. The van der Waals surface area contributed by atoms with E-state index < -0.39 is 6.10 Å². The molecule has 0 aliphatic heterocycles. The summed E-state index contributed by atoms with van der Waals surface area (Å²) in [6.07, 6.45) is 2.61. The summed E-state index contributed by atoms with van der Waals surface area (Å²) in [6.45, 7) is 6.09. The van der Waals surface area contributed by atoms with Crippen molar-refractivity contribution in [3.8, 4) is 0 Å². The van der Waals surface area contributed by atoms with E-state index in [0.29, 0.717) is 26.4 Å². The lowest BCUT2D eigenvalue weighted by Crippen LogP contribution is -2.32. The molecule has 3 N–H and O–H groups in total. The van der Waals surface area contributed by atoms with Gasteiger partial charge in [0.15, 0.2) is 0 Å². The minimum Gasteiger partial charge on any atom is -0.396 e. The molecule has 122 valence electrons. The van der Waals surface area contributed by atoms with Crippen LogP contribution in [0.1, 0.15) is 26.2 Å². The van der Waals surface area contributed by atoms with Gasteiger partial charge in [0.2, 0.25) is 0 Å². The lowest BCUT2D eigenvalue weighted by Gasteiger charge is -2.12. The highest BCUT2D eigenvalue weighted by Gasteiger charge is 2.03. The Bertz CT molecular complexity index is 169. The second kappa shape index (κ2) is 17.2. The molecule has 20 heavy (non-hydrogen) atoms. The van der Waals surface area contributed by atoms with E-state index in [1.807, 2.05) is 11.8 Å². The summed E-state index contributed by atoms with van der Waals surface area (Å²) < 4.78 is 10.7. The number of hydrogen-bond donors (Lipinski definition) is 3. The summed E-state index contributed by atoms with van der Waals surface area (Å²) >= 11 is 1.81. The molecule has 0 heterocycles. The van der Waals surface area contributed by atoms with Crippen LogP contribution in [-0.4, -0.2) is 73.9 Å². The number of thioether (sulfide) groups is 1. The van der Waals surface area contributed by atoms with Crippen LogP contribution >= 0.6 is 11.8 Å². The van der Waals surface area contributed by atoms with Gasteiger partial charge in [0.1, 0.15) is 0 Å². The van der Waals surface area contributed by atoms with Crippen molar-refractivity contribution >= 4 is 11.8 Å². The molecule has 0 rings (SSSR count). The van der Waals surface area contributed by atoms with E-state index >= 15 is 0 Å². The predicted molar refractivity (Wildman–Crippen MR) is 84.5 cm³/mol. The molecular weight excluding hydrogens is 278 g/mol. The highest BCUT2D eigenvalue weighted by Crippen LogP contribution is 1.99. The highest BCUT2D eigenvalue weighted by molar-refractivity contribution is 7.99. The lowest BCUT2D eigenvalue weighted by atomic mass is 10.4. The number of rotatable bonds is 16. The van der Waals surface area contributed by atoms with Crippen molar-refractivity contribution in [3.05, 3.63) is 0 Å². The summed E-state index contributed by atoms with van der Waals surface area (Å²) in [6, 6.07) is 0. The van der Waals surface area contributed by atoms with E-state index in [2.05, 4.69) is 12.2 Å². The summed E-state index contributed by atoms with van der Waals surface area (Å²) in [7, 11) is 0. The first-order valence-electron chi connectivity index (χ1n) is 7.54. The van der Waals surface area contributed by atoms with Crippen LogP contribution in [0.2, 0.25) is 0 Å². The standard InChI is InChI=1S/C14H31NO4S/c1-2-3-7-18-8-9-19-13-14(17)12-15-5-11-20-10-4-6-16/h14-17H,2-13H2,1H3. The molecule has 0 radical (unpaired) electrons. The first-order chi connectivity index (χ1) is 9.81. The Balaban J connectivity index is 3.11. The first kappa shape index (κ1) is 20.1. The van der Waals surface area contributed by atoms with Crippen LogP contribution in [0.25, 0.3) is 0 Å². The van der Waals surface area contributed by atoms with Crippen LogP contribution in [0.3, 0.4) is 0 Å². The number of aliphatic hydroxyl groups is 2. The zero-order valence-electron chi connectivity index (χ0n) is 12.7. The van der Waals surface area contributed by atoms with Crippen molar-refractivity contribution in [2.45, 2.75) is 32.3 Å². The van der Waals surface area contributed by atoms with Gasteiger partial charge in [0, 0.05) is 32.1 Å². The first-order valence-corrected chi connectivity index (χ1v) is 8.69. The quantitative estimate of drug-likeness (QED) is 0.368. The summed E-state index contributed by atoms with van der Waals surface area (Å²) in [5, 5.41) is 21.5. The third-order valence-corrected chi connectivity index (χ3v) is 3.64. The van der Waals surface area contributed by atoms with Gasteiger partial charge in [-0.3, -0.25) is 0 Å². The van der Waals surface area contributed by atoms with Gasteiger partial charge in [0.25, 0.3) is 0 Å². The molecule has 0 bridgehead atoms. The highest BCUT2D eigenvalue weighted by atomic mass is 32.2. The molecule has 0 aromatic heterocycles. The monoisotopic (exact) mass is 309 g/mol. The zero-order chi connectivity index (χ0) is 14.9. The average Bonchev–Trinajstić information content (AvgIpc) is 2.45. The molecule has 0 aromatic rings. The second-order valence-electron chi connectivity index (χ2n) is 4.59. The predicted octanol–water partition coefficient (Wildman–Crippen LogP) is 0.886. The van der Waals surface area contributed by atoms with Crippen LogP contribution in [0.5, 0.6) is 0 Å². The van der Waals surface area contributed by atoms with E-state index in [1.165, 1.54) is 0 Å². The largest absolute Gasteiger partial charge is 0.396 e. The molecule has 0 aliphatic carbocycles. The van der Waals surface area contributed by atoms with Gasteiger partial charge in [0.05, 0.1) is 25.9 Å². The maximum Gasteiger partial charge on any atom is 0.0897 e. The van der Waals surface area contributed by atoms with Crippen molar-refractivity contribution in [2.24, 2.45) is 0 Å². The molecular formula is C14H31NO4S. The van der Waals surface area contributed by atoms with Gasteiger partial charge >= 0.3 is 0 Å². The average molecular weight is 309 g/mol. The molecule has 0 aromatic carbocycles. The third kappa shape index (κ3) is 16.2. The van der Waals surface area contributed by atoms with Gasteiger partial charge in [-0.15, -0.1) is 0 Å². The maximum absolute atomic E-state index is 9.66. The summed E-state index contributed by atoms with van der Waals surface area (Å²) in [5.74, 6) is 1.99. The Morgan fingerprint density at radius 3 is 2.65 bits per heavy atom. The molecule has 0 saturated carbocycles. The molecule has 1 atom stereocenters. The second-order valence-corrected chi connectivity index (χ2v) is 5.81. The van der Waals surface area contributed by atoms with Crippen molar-refractivity contribution < 1.29 is 19.7 Å². The van der Waals surface area contributed by atoms with E-state index in [1.54, 1.807) is 0 Å². The van der Waals surface area contributed by atoms with Crippen LogP contribution < -0.4 is 5.32 Å². The number of unbranched alkanes of at least 4 members (excludes halogenated alkanes) is 1. The Hall–Kier alpha value is 0.150. The fourth-order valence-electron chi connectivity index (χ4n) is 1.43. The van der Waals surface area contributed by atoms with E-state index in [9.17, 15) is 5.11 Å². The van der Waals surface area contributed by atoms with Crippen molar-refractivity contribution in [2.75, 3.05) is 57.6 Å². The van der Waals surface area contributed by atoms with Gasteiger partial charge < -0.3 is 25.0 Å². The fourth-order valence-corrected chi connectivity index (χ4v) is 2.25. The van der Waals surface area contributed by atoms with E-state index in [4.69, 9.17) is 14.6 Å². The van der Waals surface area contributed by atoms with E-state index in [0.717, 1.165) is 43.9 Å². The topological polar surface area (TPSA) is 71.0 Å². The third-order valence-electron chi connectivity index (χ3n) is 2.57. The van der Waals surface area contributed by atoms with Crippen molar-refractivity contribution in [1.82, 2.24) is 5.32 Å². The van der Waals surface area contributed by atoms with Crippen LogP contribution in [0.4, 0.5) is 0 Å². The molecule has 0 spiro atoms. The summed E-state index contributed by atoms with van der Waals surface area (Å²) in [5.41, 5.74) is 0. The number of ether oxygens (including phenoxy) is 2. The summed E-state index contributed by atoms with van der Waals surface area (Å²) in [4.78, 5) is 0. The molecule has 1 unspecified atom stereocenters. The Morgan fingerprint density at radius 1 is 1.10 bits per heavy atom. The zero-order valence-corrected chi connectivity index (χ0v) is 13.5. The van der Waals surface area contributed by atoms with Gasteiger partial charge in [-0.25, -0.2) is 0 Å². The minimum atomic E-state index is -0.465. The van der Waals surface area contributed by atoms with Gasteiger partial charge in [-0.1, -0.05) is 13.3 Å². The Morgan fingerprint density at radius 2 is 1.90 bits per heavy atom. The molecule has 0 fully saturated rings. The molecule has 0 amide bonds. The molecule has 5 nitrogen and oxygen atoms in total. The lowest BCUT2D eigenvalue weighted by molar-refractivity contribution is 0.00410. The Labute approximate surface area is 127 Å².